The summed E-state index contributed by atoms with van der Waals surface area (Å²) in [6.07, 6.45) is 6.86. The van der Waals surface area contributed by atoms with Crippen LogP contribution in [0.25, 0.3) is 0 Å². The highest BCUT2D eigenvalue weighted by Gasteiger charge is 2.23. The van der Waals surface area contributed by atoms with Crippen molar-refractivity contribution in [2.45, 2.75) is 64.5 Å². The lowest BCUT2D eigenvalue weighted by Gasteiger charge is -2.24. The lowest BCUT2D eigenvalue weighted by Crippen LogP contribution is -2.50. The first-order valence-corrected chi connectivity index (χ1v) is 7.38. The van der Waals surface area contributed by atoms with E-state index in [-0.39, 0.29) is 11.8 Å². The molecule has 1 rings (SSSR count). The van der Waals surface area contributed by atoms with Crippen molar-refractivity contribution >= 4 is 11.8 Å². The first-order chi connectivity index (χ1) is 9.04. The normalized spacial score (nSPS) is 19.5. The van der Waals surface area contributed by atoms with E-state index in [0.717, 1.165) is 6.42 Å². The molecule has 0 heterocycles. The summed E-state index contributed by atoms with van der Waals surface area (Å²) in [5.41, 5.74) is 5.93. The van der Waals surface area contributed by atoms with Crippen LogP contribution in [0.4, 0.5) is 0 Å². The molecule has 1 aliphatic carbocycles. The summed E-state index contributed by atoms with van der Waals surface area (Å²) >= 11 is 0. The molecule has 0 aliphatic heterocycles. The Bertz CT molecular complexity index is 301. The molecule has 0 spiro atoms. The second-order valence-corrected chi connectivity index (χ2v) is 5.47. The van der Waals surface area contributed by atoms with Crippen molar-refractivity contribution in [1.29, 1.82) is 0 Å². The standard InChI is InChI=1S/C14H27N3O2/c1-3-16-13(18)10(2)17-14(19)12(15)9-11-7-5-4-6-8-11/h10-12H,3-9,15H2,1-2H3,(H,16,18)(H,17,19). The topological polar surface area (TPSA) is 84.2 Å². The van der Waals surface area contributed by atoms with Crippen LogP contribution >= 0.6 is 0 Å². The van der Waals surface area contributed by atoms with Gasteiger partial charge in [-0.05, 0) is 26.2 Å². The van der Waals surface area contributed by atoms with Crippen molar-refractivity contribution in [3.8, 4) is 0 Å². The zero-order chi connectivity index (χ0) is 14.3. The van der Waals surface area contributed by atoms with E-state index in [2.05, 4.69) is 10.6 Å². The molecular formula is C14H27N3O2. The molecule has 1 fully saturated rings. The minimum absolute atomic E-state index is 0.166. The number of amides is 2. The van der Waals surface area contributed by atoms with Crippen LogP contribution in [-0.2, 0) is 9.59 Å². The molecular weight excluding hydrogens is 242 g/mol. The molecule has 1 aliphatic rings. The smallest absolute Gasteiger partial charge is 0.242 e. The highest BCUT2D eigenvalue weighted by atomic mass is 16.2. The Morgan fingerprint density at radius 3 is 2.42 bits per heavy atom. The number of likely N-dealkylation sites (N-methyl/N-ethyl adjacent to an activating group) is 1. The maximum Gasteiger partial charge on any atom is 0.242 e. The Balaban J connectivity index is 2.32. The van der Waals surface area contributed by atoms with Crippen LogP contribution < -0.4 is 16.4 Å². The molecule has 2 amide bonds. The SMILES string of the molecule is CCNC(=O)C(C)NC(=O)C(N)CC1CCCCC1. The third kappa shape index (κ3) is 5.59. The van der Waals surface area contributed by atoms with E-state index in [1.54, 1.807) is 6.92 Å². The highest BCUT2D eigenvalue weighted by molar-refractivity contribution is 5.89. The van der Waals surface area contributed by atoms with E-state index in [0.29, 0.717) is 12.5 Å². The maximum atomic E-state index is 11.9. The van der Waals surface area contributed by atoms with Gasteiger partial charge < -0.3 is 16.4 Å². The molecule has 0 bridgehead atoms. The Morgan fingerprint density at radius 1 is 1.21 bits per heavy atom. The monoisotopic (exact) mass is 269 g/mol. The fraction of sp³-hybridized carbons (Fsp3) is 0.857. The molecule has 0 radical (unpaired) electrons. The van der Waals surface area contributed by atoms with Gasteiger partial charge in [-0.2, -0.15) is 0 Å². The average molecular weight is 269 g/mol. The van der Waals surface area contributed by atoms with E-state index in [4.69, 9.17) is 5.73 Å². The fourth-order valence-corrected chi connectivity index (χ4v) is 2.60. The van der Waals surface area contributed by atoms with E-state index in [1.165, 1.54) is 32.1 Å². The summed E-state index contributed by atoms with van der Waals surface area (Å²) in [4.78, 5) is 23.4. The van der Waals surface area contributed by atoms with Crippen LogP contribution in [0.3, 0.4) is 0 Å². The Kier molecular flexibility index (Phi) is 6.84. The summed E-state index contributed by atoms with van der Waals surface area (Å²) in [5, 5.41) is 5.35. The quantitative estimate of drug-likeness (QED) is 0.670. The summed E-state index contributed by atoms with van der Waals surface area (Å²) in [5.74, 6) is 0.180. The fourth-order valence-electron chi connectivity index (χ4n) is 2.60. The van der Waals surface area contributed by atoms with Gasteiger partial charge in [0, 0.05) is 6.54 Å². The van der Waals surface area contributed by atoms with E-state index in [9.17, 15) is 9.59 Å². The summed E-state index contributed by atoms with van der Waals surface area (Å²) in [7, 11) is 0. The molecule has 5 heteroatoms. The summed E-state index contributed by atoms with van der Waals surface area (Å²) in [6.45, 7) is 4.09. The molecule has 2 atom stereocenters. The van der Waals surface area contributed by atoms with Gasteiger partial charge >= 0.3 is 0 Å². The van der Waals surface area contributed by atoms with Gasteiger partial charge in [-0.25, -0.2) is 0 Å². The number of carbonyl (C=O) groups excluding carboxylic acids is 2. The van der Waals surface area contributed by atoms with Gasteiger partial charge in [0.1, 0.15) is 6.04 Å². The van der Waals surface area contributed by atoms with Crippen LogP contribution in [0.5, 0.6) is 0 Å². The second-order valence-electron chi connectivity index (χ2n) is 5.47. The minimum Gasteiger partial charge on any atom is -0.355 e. The average Bonchev–Trinajstić information content (AvgIpc) is 2.40. The molecule has 4 N–H and O–H groups in total. The molecule has 110 valence electrons. The van der Waals surface area contributed by atoms with E-state index < -0.39 is 12.1 Å². The van der Waals surface area contributed by atoms with Crippen molar-refractivity contribution < 1.29 is 9.59 Å². The molecule has 0 saturated heterocycles. The van der Waals surface area contributed by atoms with E-state index >= 15 is 0 Å². The predicted molar refractivity (Wildman–Crippen MR) is 75.5 cm³/mol. The molecule has 2 unspecified atom stereocenters. The van der Waals surface area contributed by atoms with Crippen molar-refractivity contribution in [2.24, 2.45) is 11.7 Å². The first kappa shape index (κ1) is 16.0. The van der Waals surface area contributed by atoms with Gasteiger partial charge in [0.05, 0.1) is 6.04 Å². The largest absolute Gasteiger partial charge is 0.355 e. The van der Waals surface area contributed by atoms with Gasteiger partial charge in [0.2, 0.25) is 11.8 Å². The number of nitrogens with one attached hydrogen (secondary N) is 2. The number of rotatable bonds is 6. The molecule has 5 nitrogen and oxygen atoms in total. The van der Waals surface area contributed by atoms with Crippen molar-refractivity contribution in [3.05, 3.63) is 0 Å². The third-order valence-electron chi connectivity index (χ3n) is 3.75. The minimum atomic E-state index is -0.523. The Hall–Kier alpha value is -1.10. The predicted octanol–water partition coefficient (Wildman–Crippen LogP) is 0.925. The Morgan fingerprint density at radius 2 is 1.84 bits per heavy atom. The van der Waals surface area contributed by atoms with Gasteiger partial charge in [-0.3, -0.25) is 9.59 Å². The van der Waals surface area contributed by atoms with Crippen molar-refractivity contribution in [1.82, 2.24) is 10.6 Å². The summed E-state index contributed by atoms with van der Waals surface area (Å²) < 4.78 is 0. The zero-order valence-electron chi connectivity index (χ0n) is 12.1. The van der Waals surface area contributed by atoms with Gasteiger partial charge in [0.25, 0.3) is 0 Å². The summed E-state index contributed by atoms with van der Waals surface area (Å²) in [6, 6.07) is -1.02. The Labute approximate surface area is 115 Å². The van der Waals surface area contributed by atoms with Crippen LogP contribution in [0.1, 0.15) is 52.4 Å². The second kappa shape index (κ2) is 8.15. The number of hydrogen-bond acceptors (Lipinski definition) is 3. The highest BCUT2D eigenvalue weighted by Crippen LogP contribution is 2.26. The molecule has 19 heavy (non-hydrogen) atoms. The lowest BCUT2D eigenvalue weighted by molar-refractivity contribution is -0.129. The van der Waals surface area contributed by atoms with Crippen LogP contribution in [0, 0.1) is 5.92 Å². The molecule has 0 aromatic rings. The number of nitrogens with two attached hydrogens (primary N) is 1. The molecule has 0 aromatic heterocycles. The maximum absolute atomic E-state index is 11.9. The van der Waals surface area contributed by atoms with Gasteiger partial charge in [-0.1, -0.05) is 32.1 Å². The number of hydrogen-bond donors (Lipinski definition) is 3. The van der Waals surface area contributed by atoms with Gasteiger partial charge in [-0.15, -0.1) is 0 Å². The zero-order valence-corrected chi connectivity index (χ0v) is 12.1. The lowest BCUT2D eigenvalue weighted by atomic mass is 9.85. The van der Waals surface area contributed by atoms with Gasteiger partial charge in [0.15, 0.2) is 0 Å². The molecule has 0 aromatic carbocycles. The van der Waals surface area contributed by atoms with Crippen LogP contribution in [0.2, 0.25) is 0 Å². The number of carbonyl (C=O) groups is 2. The van der Waals surface area contributed by atoms with Crippen LogP contribution in [0.15, 0.2) is 0 Å². The third-order valence-corrected chi connectivity index (χ3v) is 3.75. The van der Waals surface area contributed by atoms with Crippen LogP contribution in [-0.4, -0.2) is 30.4 Å². The van der Waals surface area contributed by atoms with E-state index in [1.807, 2.05) is 6.92 Å². The van der Waals surface area contributed by atoms with Crippen molar-refractivity contribution in [2.75, 3.05) is 6.54 Å². The first-order valence-electron chi connectivity index (χ1n) is 7.38. The molecule has 1 saturated carbocycles. The van der Waals surface area contributed by atoms with Crippen molar-refractivity contribution in [3.63, 3.8) is 0 Å².